The Labute approximate surface area is 183 Å². The Morgan fingerprint density at radius 3 is 2.50 bits per heavy atom. The number of nitrogens with one attached hydrogen (secondary N) is 2. The summed E-state index contributed by atoms with van der Waals surface area (Å²) < 4.78 is 5.26. The fraction of sp³-hybridized carbons (Fsp3) is 0.227. The first kappa shape index (κ1) is 20.3. The Morgan fingerprint density at radius 2 is 1.87 bits per heavy atom. The molecule has 4 aromatic rings. The van der Waals surface area contributed by atoms with Crippen LogP contribution >= 0.6 is 22.7 Å². The van der Waals surface area contributed by atoms with Gasteiger partial charge in [-0.2, -0.15) is 0 Å². The van der Waals surface area contributed by atoms with Gasteiger partial charge in [0.2, 0.25) is 5.95 Å². The van der Waals surface area contributed by atoms with Gasteiger partial charge in [0.05, 0.1) is 12.3 Å². The molecular formula is C22H22N4O2S2. The predicted octanol–water partition coefficient (Wildman–Crippen LogP) is 5.88. The lowest BCUT2D eigenvalue weighted by molar-refractivity contribution is 0.0997. The molecule has 2 N–H and O–H groups in total. The van der Waals surface area contributed by atoms with Crippen LogP contribution in [0.2, 0.25) is 0 Å². The van der Waals surface area contributed by atoms with Gasteiger partial charge in [-0.3, -0.25) is 4.79 Å². The average Bonchev–Trinajstić information content (AvgIpc) is 3.43. The van der Waals surface area contributed by atoms with Crippen molar-refractivity contribution >= 4 is 39.5 Å². The third-order valence-electron chi connectivity index (χ3n) is 4.78. The second-order valence-corrected chi connectivity index (χ2v) is 9.23. The van der Waals surface area contributed by atoms with Gasteiger partial charge in [0.25, 0.3) is 5.91 Å². The third-order valence-corrected chi connectivity index (χ3v) is 6.85. The number of hydrogen-bond acceptors (Lipinski definition) is 7. The van der Waals surface area contributed by atoms with E-state index in [1.165, 1.54) is 6.26 Å². The first-order valence-electron chi connectivity index (χ1n) is 9.49. The molecule has 4 aromatic heterocycles. The quantitative estimate of drug-likeness (QED) is 0.393. The Bertz CT molecular complexity index is 1140. The highest BCUT2D eigenvalue weighted by Crippen LogP contribution is 2.42. The summed E-state index contributed by atoms with van der Waals surface area (Å²) in [7, 11) is 0. The molecule has 4 rings (SSSR count). The SMILES string of the molecule is Cc1cc(C)nc(N[C@H](c2cccs2)c2c(NC(=O)c3ccco3)sc(C)c2C)n1. The fourth-order valence-electron chi connectivity index (χ4n) is 3.32. The maximum absolute atomic E-state index is 12.7. The highest BCUT2D eigenvalue weighted by atomic mass is 32.1. The van der Waals surface area contributed by atoms with Gasteiger partial charge >= 0.3 is 0 Å². The van der Waals surface area contributed by atoms with Crippen LogP contribution in [0, 0.1) is 27.7 Å². The molecule has 0 radical (unpaired) electrons. The number of carbonyl (C=O) groups is 1. The zero-order chi connectivity index (χ0) is 21.3. The number of furan rings is 1. The predicted molar refractivity (Wildman–Crippen MR) is 122 cm³/mol. The lowest BCUT2D eigenvalue weighted by Gasteiger charge is -2.20. The van der Waals surface area contributed by atoms with E-state index in [1.807, 2.05) is 31.4 Å². The minimum Gasteiger partial charge on any atom is -0.459 e. The summed E-state index contributed by atoms with van der Waals surface area (Å²) in [5, 5.41) is 9.37. The number of carbonyl (C=O) groups excluding carboxylic acids is 1. The molecule has 0 spiro atoms. The molecule has 6 nitrogen and oxygen atoms in total. The summed E-state index contributed by atoms with van der Waals surface area (Å²) in [6.45, 7) is 8.04. The molecule has 0 saturated carbocycles. The average molecular weight is 439 g/mol. The number of thiophene rings is 2. The van der Waals surface area contributed by atoms with Crippen molar-refractivity contribution in [2.45, 2.75) is 33.7 Å². The molecule has 30 heavy (non-hydrogen) atoms. The molecule has 0 fully saturated rings. The molecule has 0 aliphatic rings. The van der Waals surface area contributed by atoms with E-state index in [2.05, 4.69) is 40.5 Å². The van der Waals surface area contributed by atoms with Crippen LogP contribution in [0.15, 0.2) is 46.4 Å². The first-order chi connectivity index (χ1) is 14.4. The topological polar surface area (TPSA) is 80.0 Å². The summed E-state index contributed by atoms with van der Waals surface area (Å²) >= 11 is 3.21. The second-order valence-electron chi connectivity index (χ2n) is 7.02. The fourth-order valence-corrected chi connectivity index (χ4v) is 5.20. The van der Waals surface area contributed by atoms with Gasteiger partial charge in [0.1, 0.15) is 5.00 Å². The van der Waals surface area contributed by atoms with Gasteiger partial charge in [-0.1, -0.05) is 6.07 Å². The van der Waals surface area contributed by atoms with Crippen LogP contribution in [0.3, 0.4) is 0 Å². The van der Waals surface area contributed by atoms with Gasteiger partial charge in [0.15, 0.2) is 5.76 Å². The van der Waals surface area contributed by atoms with Gasteiger partial charge in [0, 0.05) is 26.7 Å². The van der Waals surface area contributed by atoms with Crippen molar-refractivity contribution in [1.29, 1.82) is 0 Å². The smallest absolute Gasteiger partial charge is 0.291 e. The van der Waals surface area contributed by atoms with Crippen LogP contribution in [0.4, 0.5) is 10.9 Å². The molecule has 8 heteroatoms. The summed E-state index contributed by atoms with van der Waals surface area (Å²) in [6, 6.07) is 9.21. The minimum absolute atomic E-state index is 0.192. The number of aromatic nitrogens is 2. The van der Waals surface area contributed by atoms with Crippen molar-refractivity contribution in [3.63, 3.8) is 0 Å². The lowest BCUT2D eigenvalue weighted by Crippen LogP contribution is -2.18. The number of anilines is 2. The van der Waals surface area contributed by atoms with Crippen molar-refractivity contribution in [3.8, 4) is 0 Å². The van der Waals surface area contributed by atoms with Crippen molar-refractivity contribution in [3.05, 3.63) is 80.0 Å². The summed E-state index contributed by atoms with van der Waals surface area (Å²) in [5.41, 5.74) is 3.95. The van der Waals surface area contributed by atoms with Crippen molar-refractivity contribution in [1.82, 2.24) is 9.97 Å². The van der Waals surface area contributed by atoms with Gasteiger partial charge in [-0.25, -0.2) is 9.97 Å². The number of nitrogens with zero attached hydrogens (tertiary/aromatic N) is 2. The molecule has 1 atom stereocenters. The first-order valence-corrected chi connectivity index (χ1v) is 11.2. The molecule has 0 aromatic carbocycles. The molecular weight excluding hydrogens is 416 g/mol. The minimum atomic E-state index is -0.268. The second kappa shape index (κ2) is 8.41. The summed E-state index contributed by atoms with van der Waals surface area (Å²) in [6.07, 6.45) is 1.49. The highest BCUT2D eigenvalue weighted by Gasteiger charge is 2.26. The molecule has 1 amide bonds. The van der Waals surface area contributed by atoms with Crippen molar-refractivity contribution < 1.29 is 9.21 Å². The summed E-state index contributed by atoms with van der Waals surface area (Å²) in [5.74, 6) is 0.579. The zero-order valence-electron chi connectivity index (χ0n) is 17.1. The largest absolute Gasteiger partial charge is 0.459 e. The molecule has 0 bridgehead atoms. The normalized spacial score (nSPS) is 12.0. The number of amides is 1. The van der Waals surface area contributed by atoms with Crippen LogP contribution in [-0.4, -0.2) is 15.9 Å². The molecule has 154 valence electrons. The van der Waals surface area contributed by atoms with Crippen LogP contribution in [0.25, 0.3) is 0 Å². The van der Waals surface area contributed by atoms with Gasteiger partial charge in [-0.15, -0.1) is 22.7 Å². The molecule has 0 unspecified atom stereocenters. The number of aryl methyl sites for hydroxylation is 3. The van der Waals surface area contributed by atoms with E-state index in [0.29, 0.717) is 5.95 Å². The number of hydrogen-bond donors (Lipinski definition) is 2. The Balaban J connectivity index is 1.76. The van der Waals surface area contributed by atoms with Crippen LogP contribution in [0.5, 0.6) is 0 Å². The van der Waals surface area contributed by atoms with Crippen LogP contribution in [0.1, 0.15) is 48.9 Å². The Kier molecular flexibility index (Phi) is 5.69. The van der Waals surface area contributed by atoms with Gasteiger partial charge in [-0.05, 0) is 62.9 Å². The van der Waals surface area contributed by atoms with E-state index in [9.17, 15) is 4.79 Å². The van der Waals surface area contributed by atoms with E-state index < -0.39 is 0 Å². The van der Waals surface area contributed by atoms with E-state index in [4.69, 9.17) is 4.42 Å². The maximum atomic E-state index is 12.7. The van der Waals surface area contributed by atoms with Crippen molar-refractivity contribution in [2.24, 2.45) is 0 Å². The number of rotatable bonds is 6. The van der Waals surface area contributed by atoms with E-state index in [0.717, 1.165) is 37.3 Å². The Hall–Kier alpha value is -2.97. The Morgan fingerprint density at radius 1 is 1.10 bits per heavy atom. The maximum Gasteiger partial charge on any atom is 0.291 e. The van der Waals surface area contributed by atoms with E-state index >= 15 is 0 Å². The van der Waals surface area contributed by atoms with Crippen LogP contribution < -0.4 is 10.6 Å². The third kappa shape index (κ3) is 4.15. The molecule has 0 saturated heterocycles. The lowest BCUT2D eigenvalue weighted by atomic mass is 10.0. The molecule has 0 aliphatic heterocycles. The highest BCUT2D eigenvalue weighted by molar-refractivity contribution is 7.16. The van der Waals surface area contributed by atoms with Crippen molar-refractivity contribution in [2.75, 3.05) is 10.6 Å². The van der Waals surface area contributed by atoms with E-state index in [1.54, 1.807) is 34.8 Å². The molecule has 0 aliphatic carbocycles. The summed E-state index contributed by atoms with van der Waals surface area (Å²) in [4.78, 5) is 24.0. The molecule has 4 heterocycles. The van der Waals surface area contributed by atoms with E-state index in [-0.39, 0.29) is 17.7 Å². The monoisotopic (exact) mass is 438 g/mol. The zero-order valence-corrected chi connectivity index (χ0v) is 18.8. The van der Waals surface area contributed by atoms with Gasteiger partial charge < -0.3 is 15.1 Å². The standard InChI is InChI=1S/C22H22N4O2S2/c1-12-11-13(2)24-22(23-12)25-19(17-8-6-10-29-17)18-14(3)15(4)30-21(18)26-20(27)16-7-5-9-28-16/h5-11,19H,1-4H3,(H,26,27)(H,23,24,25)/t19-/m1/s1. The van der Waals surface area contributed by atoms with Crippen LogP contribution in [-0.2, 0) is 0 Å².